The van der Waals surface area contributed by atoms with Gasteiger partial charge in [0.15, 0.2) is 11.5 Å². The summed E-state index contributed by atoms with van der Waals surface area (Å²) in [6.45, 7) is 5.12. The molecule has 3 heterocycles. The third-order valence-corrected chi connectivity index (χ3v) is 4.80. The first kappa shape index (κ1) is 15.3. The van der Waals surface area contributed by atoms with Gasteiger partial charge in [0.2, 0.25) is 5.95 Å². The zero-order valence-corrected chi connectivity index (χ0v) is 14.6. The molecule has 1 saturated heterocycles. The second kappa shape index (κ2) is 6.07. The molecule has 0 unspecified atom stereocenters. The predicted octanol–water partition coefficient (Wildman–Crippen LogP) is 3.09. The number of benzene rings is 2. The molecule has 0 saturated carbocycles. The molecule has 0 aliphatic carbocycles. The van der Waals surface area contributed by atoms with Crippen LogP contribution >= 0.6 is 0 Å². The van der Waals surface area contributed by atoms with Crippen molar-refractivity contribution in [1.29, 1.82) is 0 Å². The van der Waals surface area contributed by atoms with Crippen molar-refractivity contribution in [3.8, 4) is 11.4 Å². The third-order valence-electron chi connectivity index (χ3n) is 4.80. The Hall–Kier alpha value is -2.99. The van der Waals surface area contributed by atoms with E-state index in [1.165, 1.54) is 5.56 Å². The van der Waals surface area contributed by atoms with Crippen molar-refractivity contribution in [2.75, 3.05) is 31.2 Å². The minimum atomic E-state index is 0.706. The summed E-state index contributed by atoms with van der Waals surface area (Å²) in [5, 5.41) is 10.1. The van der Waals surface area contributed by atoms with E-state index in [2.05, 4.69) is 56.8 Å². The van der Waals surface area contributed by atoms with Crippen molar-refractivity contribution < 1.29 is 4.74 Å². The highest BCUT2D eigenvalue weighted by atomic mass is 16.5. The predicted molar refractivity (Wildman–Crippen MR) is 101 cm³/mol. The number of hydrogen-bond donors (Lipinski definition) is 0. The lowest BCUT2D eigenvalue weighted by atomic mass is 10.1. The molecule has 0 radical (unpaired) electrons. The fourth-order valence-electron chi connectivity index (χ4n) is 3.48. The molecule has 0 N–H and O–H groups in total. The summed E-state index contributed by atoms with van der Waals surface area (Å²) in [4.78, 5) is 7.24. The lowest BCUT2D eigenvalue weighted by Gasteiger charge is -2.28. The summed E-state index contributed by atoms with van der Waals surface area (Å²) in [5.41, 5.74) is 4.00. The second-order valence-electron chi connectivity index (χ2n) is 6.58. The van der Waals surface area contributed by atoms with Crippen molar-refractivity contribution in [3.05, 3.63) is 54.1 Å². The molecule has 6 heteroatoms. The summed E-state index contributed by atoms with van der Waals surface area (Å²) in [6.07, 6.45) is 0. The molecule has 1 aliphatic rings. The zero-order chi connectivity index (χ0) is 17.5. The first-order valence-corrected chi connectivity index (χ1v) is 8.85. The Balaban J connectivity index is 1.84. The number of hydrogen-bond acceptors (Lipinski definition) is 5. The van der Waals surface area contributed by atoms with E-state index in [-0.39, 0.29) is 0 Å². The summed E-state index contributed by atoms with van der Waals surface area (Å²) in [7, 11) is 0. The normalized spacial score (nSPS) is 15.0. The Kier molecular flexibility index (Phi) is 3.57. The first-order chi connectivity index (χ1) is 12.8. The van der Waals surface area contributed by atoms with Crippen molar-refractivity contribution in [2.45, 2.75) is 6.92 Å². The van der Waals surface area contributed by atoms with Gasteiger partial charge in [0.05, 0.1) is 18.7 Å². The number of nitrogens with zero attached hydrogens (tertiary/aromatic N) is 5. The van der Waals surface area contributed by atoms with Crippen molar-refractivity contribution in [2.24, 2.45) is 0 Å². The topological polar surface area (TPSA) is 55.6 Å². The Bertz CT molecular complexity index is 1080. The van der Waals surface area contributed by atoms with E-state index >= 15 is 0 Å². The van der Waals surface area contributed by atoms with Gasteiger partial charge < -0.3 is 9.64 Å². The van der Waals surface area contributed by atoms with Gasteiger partial charge in [-0.2, -0.15) is 0 Å². The van der Waals surface area contributed by atoms with Crippen LogP contribution in [0.15, 0.2) is 48.5 Å². The number of aryl methyl sites for hydroxylation is 1. The molecule has 2 aromatic heterocycles. The molecule has 26 heavy (non-hydrogen) atoms. The van der Waals surface area contributed by atoms with Crippen LogP contribution in [-0.4, -0.2) is 45.9 Å². The maximum atomic E-state index is 5.52. The number of aromatic nitrogens is 4. The molecule has 5 rings (SSSR count). The highest BCUT2D eigenvalue weighted by molar-refractivity contribution is 5.94. The van der Waals surface area contributed by atoms with Gasteiger partial charge in [-0.25, -0.2) is 9.38 Å². The third kappa shape index (κ3) is 2.42. The number of fused-ring (bicyclic) bond motifs is 3. The molecule has 4 aromatic rings. The Morgan fingerprint density at radius 1 is 0.962 bits per heavy atom. The van der Waals surface area contributed by atoms with Gasteiger partial charge in [0.25, 0.3) is 0 Å². The average molecular weight is 345 g/mol. The summed E-state index contributed by atoms with van der Waals surface area (Å²) < 4.78 is 7.61. The molecular formula is C20H19N5O. The Labute approximate surface area is 151 Å². The van der Waals surface area contributed by atoms with E-state index in [4.69, 9.17) is 9.72 Å². The smallest absolute Gasteiger partial charge is 0.213 e. The fourth-order valence-corrected chi connectivity index (χ4v) is 3.48. The SMILES string of the molecule is Cc1ccc2nc(N3CCOCC3)n3c(-c4ccccc4)nnc3c2c1. The highest BCUT2D eigenvalue weighted by Crippen LogP contribution is 2.29. The van der Waals surface area contributed by atoms with E-state index in [1.807, 2.05) is 18.2 Å². The average Bonchev–Trinajstić information content (AvgIpc) is 3.14. The van der Waals surface area contributed by atoms with Gasteiger partial charge in [-0.15, -0.1) is 10.2 Å². The maximum Gasteiger partial charge on any atom is 0.213 e. The van der Waals surface area contributed by atoms with E-state index in [0.29, 0.717) is 13.2 Å². The largest absolute Gasteiger partial charge is 0.378 e. The molecule has 0 spiro atoms. The molecule has 6 nitrogen and oxygen atoms in total. The van der Waals surface area contributed by atoms with E-state index < -0.39 is 0 Å². The minimum Gasteiger partial charge on any atom is -0.378 e. The van der Waals surface area contributed by atoms with Crippen LogP contribution in [0.3, 0.4) is 0 Å². The van der Waals surface area contributed by atoms with Crippen LogP contribution < -0.4 is 4.90 Å². The monoisotopic (exact) mass is 345 g/mol. The second-order valence-corrected chi connectivity index (χ2v) is 6.58. The molecular weight excluding hydrogens is 326 g/mol. The lowest BCUT2D eigenvalue weighted by molar-refractivity contribution is 0.122. The number of rotatable bonds is 2. The van der Waals surface area contributed by atoms with Gasteiger partial charge in [-0.3, -0.25) is 0 Å². The van der Waals surface area contributed by atoms with Crippen LogP contribution in [0.25, 0.3) is 27.9 Å². The summed E-state index contributed by atoms with van der Waals surface area (Å²) in [6, 6.07) is 16.4. The quantitative estimate of drug-likeness (QED) is 0.559. The van der Waals surface area contributed by atoms with Crippen LogP contribution in [0.4, 0.5) is 5.95 Å². The van der Waals surface area contributed by atoms with Crippen LogP contribution in [0, 0.1) is 6.92 Å². The molecule has 0 bridgehead atoms. The van der Waals surface area contributed by atoms with Crippen LogP contribution in [-0.2, 0) is 4.74 Å². The van der Waals surface area contributed by atoms with E-state index in [1.54, 1.807) is 0 Å². The van der Waals surface area contributed by atoms with Crippen LogP contribution in [0.5, 0.6) is 0 Å². The van der Waals surface area contributed by atoms with Crippen LogP contribution in [0.2, 0.25) is 0 Å². The van der Waals surface area contributed by atoms with E-state index in [9.17, 15) is 0 Å². The van der Waals surface area contributed by atoms with Gasteiger partial charge in [0.1, 0.15) is 0 Å². The molecule has 0 amide bonds. The first-order valence-electron chi connectivity index (χ1n) is 8.85. The van der Waals surface area contributed by atoms with Gasteiger partial charge in [0, 0.05) is 24.0 Å². The van der Waals surface area contributed by atoms with E-state index in [0.717, 1.165) is 47.0 Å². The van der Waals surface area contributed by atoms with Gasteiger partial charge in [-0.1, -0.05) is 42.0 Å². The molecule has 0 atom stereocenters. The Morgan fingerprint density at radius 2 is 1.77 bits per heavy atom. The Morgan fingerprint density at radius 3 is 2.58 bits per heavy atom. The number of ether oxygens (including phenoxy) is 1. The van der Waals surface area contributed by atoms with Gasteiger partial charge >= 0.3 is 0 Å². The van der Waals surface area contributed by atoms with Crippen molar-refractivity contribution in [1.82, 2.24) is 19.6 Å². The summed E-state index contributed by atoms with van der Waals surface area (Å²) >= 11 is 0. The van der Waals surface area contributed by atoms with Crippen LogP contribution in [0.1, 0.15) is 5.56 Å². The molecule has 1 aliphatic heterocycles. The molecule has 1 fully saturated rings. The number of anilines is 1. The molecule has 130 valence electrons. The van der Waals surface area contributed by atoms with Crippen molar-refractivity contribution in [3.63, 3.8) is 0 Å². The fraction of sp³-hybridized carbons (Fsp3) is 0.250. The minimum absolute atomic E-state index is 0.706. The maximum absolute atomic E-state index is 5.52. The number of morpholine rings is 1. The highest BCUT2D eigenvalue weighted by Gasteiger charge is 2.21. The zero-order valence-electron chi connectivity index (χ0n) is 14.6. The standard InChI is InChI=1S/C20H19N5O/c1-14-7-8-17-16(13-14)19-23-22-18(15-5-3-2-4-6-15)25(19)20(21-17)24-9-11-26-12-10-24/h2-8,13H,9-12H2,1H3. The van der Waals surface area contributed by atoms with Crippen molar-refractivity contribution >= 4 is 22.5 Å². The molecule has 2 aromatic carbocycles. The summed E-state index contributed by atoms with van der Waals surface area (Å²) in [5.74, 6) is 1.70. The van der Waals surface area contributed by atoms with Gasteiger partial charge in [-0.05, 0) is 19.1 Å². The lowest BCUT2D eigenvalue weighted by Crippen LogP contribution is -2.38.